The Labute approximate surface area is 184 Å². The summed E-state index contributed by atoms with van der Waals surface area (Å²) < 4.78 is 22.7. The maximum atomic E-state index is 12.6. The lowest BCUT2D eigenvalue weighted by molar-refractivity contribution is -0.000741. The van der Waals surface area contributed by atoms with Crippen LogP contribution in [0.5, 0.6) is 0 Å². The number of aromatic nitrogens is 2. The van der Waals surface area contributed by atoms with Crippen molar-refractivity contribution < 1.29 is 28.4 Å². The van der Waals surface area contributed by atoms with E-state index in [1.54, 1.807) is 53.9 Å². The predicted octanol–water partition coefficient (Wildman–Crippen LogP) is 3.45. The topological polar surface area (TPSA) is 100 Å². The number of nitrogens with zero attached hydrogens (tertiary/aromatic N) is 3. The van der Waals surface area contributed by atoms with Gasteiger partial charge in [-0.1, -0.05) is 0 Å². The molecule has 0 bridgehead atoms. The average molecular weight is 435 g/mol. The van der Waals surface area contributed by atoms with Crippen molar-refractivity contribution in [1.82, 2.24) is 14.9 Å². The van der Waals surface area contributed by atoms with E-state index in [9.17, 15) is 9.59 Å². The number of ether oxygens (including phenoxy) is 2. The van der Waals surface area contributed by atoms with Gasteiger partial charge in [0.1, 0.15) is 17.0 Å². The summed E-state index contributed by atoms with van der Waals surface area (Å²) in [5.41, 5.74) is -1.89. The van der Waals surface area contributed by atoms with Crippen LogP contribution in [-0.2, 0) is 25.3 Å². The SMILES string of the molecule is CC(C)(C)OC(=O)N(Cc1ncc(B2OC(C)(C)C(C)(C)O2)cn1)C(=O)OC(C)(C)C. The van der Waals surface area contributed by atoms with Crippen LogP contribution >= 0.6 is 0 Å². The van der Waals surface area contributed by atoms with Crippen molar-refractivity contribution in [1.29, 1.82) is 0 Å². The molecule has 2 rings (SSSR count). The van der Waals surface area contributed by atoms with Gasteiger partial charge in [-0.15, -0.1) is 0 Å². The highest BCUT2D eigenvalue weighted by Crippen LogP contribution is 2.36. The summed E-state index contributed by atoms with van der Waals surface area (Å²) in [6.07, 6.45) is 1.46. The molecule has 0 atom stereocenters. The number of amides is 2. The lowest BCUT2D eigenvalue weighted by Gasteiger charge is -2.32. The van der Waals surface area contributed by atoms with E-state index in [1.165, 1.54) is 0 Å². The van der Waals surface area contributed by atoms with Gasteiger partial charge in [-0.3, -0.25) is 0 Å². The molecule has 1 aromatic heterocycles. The second kappa shape index (κ2) is 8.39. The Morgan fingerprint density at radius 2 is 1.29 bits per heavy atom. The lowest BCUT2D eigenvalue weighted by Crippen LogP contribution is -2.43. The number of rotatable bonds is 3. The number of carbonyl (C=O) groups excluding carboxylic acids is 2. The zero-order valence-corrected chi connectivity index (χ0v) is 20.2. The molecule has 2 heterocycles. The van der Waals surface area contributed by atoms with Gasteiger partial charge in [0, 0.05) is 17.9 Å². The maximum absolute atomic E-state index is 12.6. The van der Waals surface area contributed by atoms with Crippen LogP contribution in [0.25, 0.3) is 0 Å². The van der Waals surface area contributed by atoms with Gasteiger partial charge < -0.3 is 18.8 Å². The molecule has 10 heteroatoms. The molecule has 0 aromatic carbocycles. The van der Waals surface area contributed by atoms with Gasteiger partial charge >= 0.3 is 19.3 Å². The van der Waals surface area contributed by atoms with E-state index in [2.05, 4.69) is 9.97 Å². The minimum Gasteiger partial charge on any atom is -0.443 e. The molecule has 1 fully saturated rings. The van der Waals surface area contributed by atoms with Crippen LogP contribution in [0.3, 0.4) is 0 Å². The van der Waals surface area contributed by atoms with Crippen molar-refractivity contribution in [2.75, 3.05) is 0 Å². The Balaban J connectivity index is 2.19. The highest BCUT2D eigenvalue weighted by molar-refractivity contribution is 6.61. The minimum absolute atomic E-state index is 0.201. The number of hydrogen-bond acceptors (Lipinski definition) is 8. The highest BCUT2D eigenvalue weighted by atomic mass is 16.7. The molecule has 31 heavy (non-hydrogen) atoms. The Kier molecular flexibility index (Phi) is 6.78. The predicted molar refractivity (Wildman–Crippen MR) is 116 cm³/mol. The minimum atomic E-state index is -0.833. The second-order valence-corrected chi connectivity index (χ2v) is 10.6. The largest absolute Gasteiger partial charge is 0.498 e. The number of imide groups is 1. The summed E-state index contributed by atoms with van der Waals surface area (Å²) in [6, 6.07) is 0. The molecule has 1 aromatic rings. The highest BCUT2D eigenvalue weighted by Gasteiger charge is 2.52. The smallest absolute Gasteiger partial charge is 0.443 e. The molecule has 0 aliphatic carbocycles. The van der Waals surface area contributed by atoms with Gasteiger partial charge in [-0.2, -0.15) is 0 Å². The van der Waals surface area contributed by atoms with E-state index in [1.807, 2.05) is 27.7 Å². The van der Waals surface area contributed by atoms with E-state index in [4.69, 9.17) is 18.8 Å². The van der Waals surface area contributed by atoms with Crippen LogP contribution in [0, 0.1) is 0 Å². The summed E-state index contributed by atoms with van der Waals surface area (Å²) in [6.45, 7) is 17.9. The van der Waals surface area contributed by atoms with E-state index >= 15 is 0 Å². The Morgan fingerprint density at radius 1 is 0.903 bits per heavy atom. The molecular weight excluding hydrogens is 401 g/mol. The van der Waals surface area contributed by atoms with E-state index in [0.717, 1.165) is 4.90 Å². The first kappa shape index (κ1) is 25.1. The Hall–Kier alpha value is -2.20. The van der Waals surface area contributed by atoms with Crippen molar-refractivity contribution in [2.45, 2.75) is 98.2 Å². The van der Waals surface area contributed by atoms with Crippen LogP contribution < -0.4 is 5.46 Å². The summed E-state index contributed by atoms with van der Waals surface area (Å²) in [5, 5.41) is 0. The third-order valence-electron chi connectivity index (χ3n) is 4.78. The Bertz CT molecular complexity index is 768. The normalized spacial score (nSPS) is 17.9. The summed E-state index contributed by atoms with van der Waals surface area (Å²) in [7, 11) is -0.605. The van der Waals surface area contributed by atoms with Crippen molar-refractivity contribution in [3.63, 3.8) is 0 Å². The third-order valence-corrected chi connectivity index (χ3v) is 4.78. The molecule has 1 saturated heterocycles. The standard InChI is InChI=1S/C21H34BN3O6/c1-18(2,3)28-16(26)25(17(27)29-19(4,5)6)13-15-23-11-14(12-24-15)22-30-20(7,8)21(9,10)31-22/h11-12H,13H2,1-10H3. The first-order valence-corrected chi connectivity index (χ1v) is 10.3. The fourth-order valence-electron chi connectivity index (χ4n) is 2.53. The van der Waals surface area contributed by atoms with Gasteiger partial charge in [0.25, 0.3) is 0 Å². The molecule has 0 radical (unpaired) electrons. The van der Waals surface area contributed by atoms with E-state index in [0.29, 0.717) is 5.46 Å². The van der Waals surface area contributed by atoms with Crippen molar-refractivity contribution in [2.24, 2.45) is 0 Å². The quantitative estimate of drug-likeness (QED) is 0.666. The lowest BCUT2D eigenvalue weighted by atomic mass is 9.81. The van der Waals surface area contributed by atoms with Gasteiger partial charge in [0.05, 0.1) is 17.7 Å². The zero-order chi connectivity index (χ0) is 23.8. The van der Waals surface area contributed by atoms with Crippen molar-refractivity contribution in [3.8, 4) is 0 Å². The van der Waals surface area contributed by atoms with Crippen molar-refractivity contribution in [3.05, 3.63) is 18.2 Å². The molecule has 9 nitrogen and oxygen atoms in total. The summed E-state index contributed by atoms with van der Waals surface area (Å²) >= 11 is 0. The summed E-state index contributed by atoms with van der Waals surface area (Å²) in [4.78, 5) is 34.7. The fraction of sp³-hybridized carbons (Fsp3) is 0.714. The van der Waals surface area contributed by atoms with Gasteiger partial charge in [-0.05, 0) is 69.2 Å². The Morgan fingerprint density at radius 3 is 1.65 bits per heavy atom. The monoisotopic (exact) mass is 435 g/mol. The molecule has 1 aliphatic rings. The van der Waals surface area contributed by atoms with Gasteiger partial charge in [-0.25, -0.2) is 24.5 Å². The first-order valence-electron chi connectivity index (χ1n) is 10.3. The summed E-state index contributed by atoms with van der Waals surface area (Å²) in [5.74, 6) is 0.247. The van der Waals surface area contributed by atoms with Crippen LogP contribution in [-0.4, -0.2) is 56.6 Å². The maximum Gasteiger partial charge on any atom is 0.498 e. The molecule has 2 amide bonds. The molecule has 0 saturated carbocycles. The van der Waals surface area contributed by atoms with Crippen molar-refractivity contribution >= 4 is 24.8 Å². The van der Waals surface area contributed by atoms with Gasteiger partial charge in [0.2, 0.25) is 0 Å². The molecule has 0 spiro atoms. The van der Waals surface area contributed by atoms with Crippen LogP contribution in [0.15, 0.2) is 12.4 Å². The molecule has 1 aliphatic heterocycles. The van der Waals surface area contributed by atoms with Crippen LogP contribution in [0.1, 0.15) is 75.1 Å². The molecular formula is C21H34BN3O6. The molecule has 0 N–H and O–H groups in total. The fourth-order valence-corrected chi connectivity index (χ4v) is 2.53. The zero-order valence-electron chi connectivity index (χ0n) is 20.2. The van der Waals surface area contributed by atoms with E-state index < -0.39 is 41.7 Å². The number of carbonyl (C=O) groups is 2. The van der Waals surface area contributed by atoms with E-state index in [-0.39, 0.29) is 12.4 Å². The first-order chi connectivity index (χ1) is 13.9. The number of hydrogen-bond donors (Lipinski definition) is 0. The molecule has 172 valence electrons. The third kappa shape index (κ3) is 6.64. The van der Waals surface area contributed by atoms with Crippen LogP contribution in [0.4, 0.5) is 9.59 Å². The average Bonchev–Trinajstić information content (AvgIpc) is 2.77. The molecule has 0 unspecified atom stereocenters. The second-order valence-electron chi connectivity index (χ2n) is 10.6. The van der Waals surface area contributed by atoms with Crippen LogP contribution in [0.2, 0.25) is 0 Å². The van der Waals surface area contributed by atoms with Gasteiger partial charge in [0.15, 0.2) is 0 Å².